The van der Waals surface area contributed by atoms with Crippen LogP contribution in [0.15, 0.2) is 48.8 Å². The van der Waals surface area contributed by atoms with Crippen molar-refractivity contribution in [1.29, 1.82) is 0 Å². The van der Waals surface area contributed by atoms with Gasteiger partial charge in [0.1, 0.15) is 0 Å². The number of aromatic nitrogens is 1. The second kappa shape index (κ2) is 4.77. The van der Waals surface area contributed by atoms with E-state index >= 15 is 0 Å². The molecular weight excluding hydrogens is 200 g/mol. The molecule has 0 bridgehead atoms. The van der Waals surface area contributed by atoms with Gasteiger partial charge >= 0.3 is 0 Å². The fraction of sp³-hybridized carbons (Fsp3) is 0.154. The molecule has 0 spiro atoms. The first-order valence-corrected chi connectivity index (χ1v) is 5.18. The number of rotatable bonds is 3. The zero-order valence-electron chi connectivity index (χ0n) is 8.88. The maximum Gasteiger partial charge on any atom is 0.0831 e. The van der Waals surface area contributed by atoms with Crippen molar-refractivity contribution >= 4 is 5.69 Å². The number of nitrogens with two attached hydrogens (primary N) is 1. The highest BCUT2D eigenvalue weighted by Gasteiger charge is 2.08. The number of nitrogens with zero attached hydrogens (tertiary/aromatic N) is 1. The van der Waals surface area contributed by atoms with E-state index in [0.29, 0.717) is 12.1 Å². The molecule has 0 saturated heterocycles. The molecule has 1 aromatic heterocycles. The minimum Gasteiger partial charge on any atom is -0.399 e. The molecule has 2 rings (SSSR count). The molecular formula is C13H14N2O. The molecule has 3 nitrogen and oxygen atoms in total. The van der Waals surface area contributed by atoms with Crippen LogP contribution in [0.3, 0.4) is 0 Å². The Morgan fingerprint density at radius 2 is 2.12 bits per heavy atom. The van der Waals surface area contributed by atoms with Gasteiger partial charge in [0.05, 0.1) is 6.10 Å². The van der Waals surface area contributed by atoms with Crippen LogP contribution in [0.5, 0.6) is 0 Å². The molecule has 0 aliphatic heterocycles. The normalized spacial score (nSPS) is 12.3. The number of pyridine rings is 1. The van der Waals surface area contributed by atoms with Crippen LogP contribution in [0.1, 0.15) is 17.2 Å². The van der Waals surface area contributed by atoms with Crippen molar-refractivity contribution in [2.45, 2.75) is 12.5 Å². The topological polar surface area (TPSA) is 59.1 Å². The van der Waals surface area contributed by atoms with Gasteiger partial charge in [-0.1, -0.05) is 18.2 Å². The van der Waals surface area contributed by atoms with E-state index in [1.165, 1.54) is 0 Å². The molecule has 0 saturated carbocycles. The number of hydrogen-bond acceptors (Lipinski definition) is 3. The summed E-state index contributed by atoms with van der Waals surface area (Å²) < 4.78 is 0. The van der Waals surface area contributed by atoms with E-state index in [9.17, 15) is 5.11 Å². The summed E-state index contributed by atoms with van der Waals surface area (Å²) in [5.41, 5.74) is 8.18. The van der Waals surface area contributed by atoms with Crippen LogP contribution >= 0.6 is 0 Å². The molecule has 0 aliphatic carbocycles. The van der Waals surface area contributed by atoms with Crippen molar-refractivity contribution in [3.63, 3.8) is 0 Å². The molecule has 3 heteroatoms. The lowest BCUT2D eigenvalue weighted by Crippen LogP contribution is -2.02. The lowest BCUT2D eigenvalue weighted by molar-refractivity contribution is 0.178. The highest BCUT2D eigenvalue weighted by Crippen LogP contribution is 2.19. The molecule has 3 N–H and O–H groups in total. The standard InChI is InChI=1S/C13H14N2O/c14-12-5-1-4-11(8-12)13(16)7-10-3-2-6-15-9-10/h1-6,8-9,13,16H,7,14H2. The van der Waals surface area contributed by atoms with Gasteiger partial charge in [-0.2, -0.15) is 0 Å². The van der Waals surface area contributed by atoms with E-state index in [0.717, 1.165) is 11.1 Å². The first kappa shape index (κ1) is 10.6. The third kappa shape index (κ3) is 2.58. The summed E-state index contributed by atoms with van der Waals surface area (Å²) in [5.74, 6) is 0. The van der Waals surface area contributed by atoms with Crippen molar-refractivity contribution in [3.8, 4) is 0 Å². The third-order valence-electron chi connectivity index (χ3n) is 2.45. The SMILES string of the molecule is Nc1cccc(C(O)Cc2cccnc2)c1. The van der Waals surface area contributed by atoms with Gasteiger partial charge in [-0.15, -0.1) is 0 Å². The Kier molecular flexibility index (Phi) is 3.17. The van der Waals surface area contributed by atoms with E-state index in [2.05, 4.69) is 4.98 Å². The molecule has 0 fully saturated rings. The summed E-state index contributed by atoms with van der Waals surface area (Å²) in [4.78, 5) is 4.01. The van der Waals surface area contributed by atoms with Gasteiger partial charge in [0.2, 0.25) is 0 Å². The second-order valence-electron chi connectivity index (χ2n) is 3.75. The van der Waals surface area contributed by atoms with Gasteiger partial charge in [0.25, 0.3) is 0 Å². The fourth-order valence-electron chi connectivity index (χ4n) is 1.63. The van der Waals surface area contributed by atoms with E-state index in [1.54, 1.807) is 24.5 Å². The first-order valence-electron chi connectivity index (χ1n) is 5.18. The van der Waals surface area contributed by atoms with Crippen LogP contribution in [-0.2, 0) is 6.42 Å². The average Bonchev–Trinajstić information content (AvgIpc) is 2.30. The van der Waals surface area contributed by atoms with Crippen LogP contribution in [0.4, 0.5) is 5.69 Å². The lowest BCUT2D eigenvalue weighted by Gasteiger charge is -2.11. The summed E-state index contributed by atoms with van der Waals surface area (Å²) in [6.07, 6.45) is 3.50. The molecule has 1 unspecified atom stereocenters. The summed E-state index contributed by atoms with van der Waals surface area (Å²) in [5, 5.41) is 10.0. The minimum atomic E-state index is -0.535. The van der Waals surface area contributed by atoms with Gasteiger partial charge in [0, 0.05) is 24.5 Å². The molecule has 1 aromatic carbocycles. The predicted molar refractivity (Wildman–Crippen MR) is 63.8 cm³/mol. The van der Waals surface area contributed by atoms with E-state index in [-0.39, 0.29) is 0 Å². The van der Waals surface area contributed by atoms with Crippen molar-refractivity contribution in [1.82, 2.24) is 4.98 Å². The number of anilines is 1. The van der Waals surface area contributed by atoms with Crippen molar-refractivity contribution in [2.24, 2.45) is 0 Å². The van der Waals surface area contributed by atoms with Crippen molar-refractivity contribution in [2.75, 3.05) is 5.73 Å². The van der Waals surface area contributed by atoms with Crippen molar-refractivity contribution < 1.29 is 5.11 Å². The molecule has 16 heavy (non-hydrogen) atoms. The Morgan fingerprint density at radius 1 is 1.25 bits per heavy atom. The maximum atomic E-state index is 10.0. The quantitative estimate of drug-likeness (QED) is 0.768. The molecule has 0 aliphatic rings. The molecule has 1 heterocycles. The molecule has 82 valence electrons. The van der Waals surface area contributed by atoms with Crippen LogP contribution < -0.4 is 5.73 Å². The van der Waals surface area contributed by atoms with Gasteiger partial charge in [0.15, 0.2) is 0 Å². The minimum absolute atomic E-state index is 0.535. The maximum absolute atomic E-state index is 10.0. The third-order valence-corrected chi connectivity index (χ3v) is 2.45. The van der Waals surface area contributed by atoms with Crippen LogP contribution in [0.25, 0.3) is 0 Å². The number of nitrogen functional groups attached to an aromatic ring is 1. The Hall–Kier alpha value is -1.87. The fourth-order valence-corrected chi connectivity index (χ4v) is 1.63. The second-order valence-corrected chi connectivity index (χ2v) is 3.75. The monoisotopic (exact) mass is 214 g/mol. The molecule has 1 atom stereocenters. The van der Waals surface area contributed by atoms with Gasteiger partial charge in [-0.25, -0.2) is 0 Å². The highest BCUT2D eigenvalue weighted by atomic mass is 16.3. The molecule has 2 aromatic rings. The van der Waals surface area contributed by atoms with Crippen LogP contribution in [0.2, 0.25) is 0 Å². The van der Waals surface area contributed by atoms with E-state index < -0.39 is 6.10 Å². The average molecular weight is 214 g/mol. The van der Waals surface area contributed by atoms with Gasteiger partial charge in [-0.3, -0.25) is 4.98 Å². The Bertz CT molecular complexity index is 456. The summed E-state index contributed by atoms with van der Waals surface area (Å²) in [6.45, 7) is 0. The van der Waals surface area contributed by atoms with E-state index in [4.69, 9.17) is 5.73 Å². The largest absolute Gasteiger partial charge is 0.399 e. The summed E-state index contributed by atoms with van der Waals surface area (Å²) >= 11 is 0. The number of aliphatic hydroxyl groups excluding tert-OH is 1. The summed E-state index contributed by atoms with van der Waals surface area (Å²) in [7, 11) is 0. The van der Waals surface area contributed by atoms with Crippen molar-refractivity contribution in [3.05, 3.63) is 59.9 Å². The Balaban J connectivity index is 2.12. The van der Waals surface area contributed by atoms with Gasteiger partial charge < -0.3 is 10.8 Å². The highest BCUT2D eigenvalue weighted by molar-refractivity contribution is 5.41. The number of hydrogen-bond donors (Lipinski definition) is 2. The lowest BCUT2D eigenvalue weighted by atomic mass is 10.0. The van der Waals surface area contributed by atoms with E-state index in [1.807, 2.05) is 24.3 Å². The smallest absolute Gasteiger partial charge is 0.0831 e. The zero-order valence-corrected chi connectivity index (χ0v) is 8.88. The predicted octanol–water partition coefficient (Wildman–Crippen LogP) is 1.94. The molecule has 0 amide bonds. The first-order chi connectivity index (χ1) is 7.75. The van der Waals surface area contributed by atoms with Crippen LogP contribution in [-0.4, -0.2) is 10.1 Å². The van der Waals surface area contributed by atoms with Gasteiger partial charge in [-0.05, 0) is 29.3 Å². The summed E-state index contributed by atoms with van der Waals surface area (Å²) in [6, 6.07) is 11.1. The Labute approximate surface area is 94.6 Å². The zero-order chi connectivity index (χ0) is 11.4. The number of aliphatic hydroxyl groups is 1. The van der Waals surface area contributed by atoms with Crippen LogP contribution in [0, 0.1) is 0 Å². The number of benzene rings is 1. The molecule has 0 radical (unpaired) electrons. The Morgan fingerprint density at radius 3 is 2.81 bits per heavy atom.